The normalized spacial score (nSPS) is 25.9. The van der Waals surface area contributed by atoms with Crippen LogP contribution in [0.4, 0.5) is 16.2 Å². The minimum atomic E-state index is -4.36. The van der Waals surface area contributed by atoms with E-state index in [9.17, 15) is 19.6 Å². The van der Waals surface area contributed by atoms with Gasteiger partial charge in [-0.3, -0.25) is 13.9 Å². The summed E-state index contributed by atoms with van der Waals surface area (Å²) in [7, 11) is -4.36. The second-order valence-corrected chi connectivity index (χ2v) is 12.5. The van der Waals surface area contributed by atoms with Crippen LogP contribution in [0.3, 0.4) is 0 Å². The van der Waals surface area contributed by atoms with Gasteiger partial charge in [0.15, 0.2) is 23.2 Å². The van der Waals surface area contributed by atoms with E-state index in [1.807, 2.05) is 0 Å². The quantitative estimate of drug-likeness (QED) is 0.137. The highest BCUT2D eigenvalue weighted by atomic mass is 31.2. The number of imidazole rings is 1. The number of aliphatic hydroxyl groups is 2. The molecule has 5 rings (SSSR count). The SMILES string of the molecule is CC(C)OC(=O)[C@H](C)N[P@@](=O)(OC[C@H]1O[C@@H](n2cnc3c(NC4CC4)nc(N)nc32)[C@@](F)(CO)[C@@H]1O)Oc1ccccc1. The van der Waals surface area contributed by atoms with Crippen LogP contribution >= 0.6 is 7.75 Å². The molecule has 1 aliphatic heterocycles. The molecule has 1 aliphatic carbocycles. The number of hydrogen-bond acceptors (Lipinski definition) is 13. The number of nitrogens with two attached hydrogens (primary N) is 1. The summed E-state index contributed by atoms with van der Waals surface area (Å²) in [5.74, 6) is -0.286. The molecule has 2 aliphatic rings. The highest BCUT2D eigenvalue weighted by Crippen LogP contribution is 2.48. The van der Waals surface area contributed by atoms with Crippen molar-refractivity contribution in [1.29, 1.82) is 0 Å². The maximum absolute atomic E-state index is 16.3. The van der Waals surface area contributed by atoms with Gasteiger partial charge < -0.3 is 35.3 Å². The van der Waals surface area contributed by atoms with Crippen LogP contribution in [0.15, 0.2) is 36.7 Å². The summed E-state index contributed by atoms with van der Waals surface area (Å²) in [5.41, 5.74) is 3.57. The number of halogens is 1. The minimum Gasteiger partial charge on any atom is -0.462 e. The number of esters is 1. The van der Waals surface area contributed by atoms with E-state index in [0.29, 0.717) is 11.3 Å². The van der Waals surface area contributed by atoms with Gasteiger partial charge in [-0.1, -0.05) is 18.2 Å². The van der Waals surface area contributed by atoms with Crippen LogP contribution in [-0.2, 0) is 23.4 Å². The zero-order valence-electron chi connectivity index (χ0n) is 23.8. The molecule has 2 fully saturated rings. The Kier molecular flexibility index (Phi) is 8.88. The Morgan fingerprint density at radius 1 is 1.28 bits per heavy atom. The average molecular weight is 624 g/mol. The van der Waals surface area contributed by atoms with Crippen LogP contribution in [0.5, 0.6) is 5.75 Å². The highest BCUT2D eigenvalue weighted by molar-refractivity contribution is 7.52. The number of ether oxygens (including phenoxy) is 2. The van der Waals surface area contributed by atoms with E-state index >= 15 is 4.39 Å². The lowest BCUT2D eigenvalue weighted by Crippen LogP contribution is -2.46. The molecule has 0 spiro atoms. The van der Waals surface area contributed by atoms with Crippen molar-refractivity contribution < 1.29 is 42.5 Å². The highest BCUT2D eigenvalue weighted by Gasteiger charge is 2.59. The number of para-hydroxylation sites is 1. The number of nitrogens with zero attached hydrogens (tertiary/aromatic N) is 4. The van der Waals surface area contributed by atoms with E-state index in [1.165, 1.54) is 30.0 Å². The van der Waals surface area contributed by atoms with Crippen molar-refractivity contribution in [1.82, 2.24) is 24.6 Å². The van der Waals surface area contributed by atoms with Crippen molar-refractivity contribution >= 4 is 36.6 Å². The number of alkyl halides is 1. The van der Waals surface area contributed by atoms with E-state index in [0.717, 1.165) is 12.8 Å². The van der Waals surface area contributed by atoms with Gasteiger partial charge in [-0.15, -0.1) is 0 Å². The van der Waals surface area contributed by atoms with Gasteiger partial charge in [0.2, 0.25) is 11.6 Å². The van der Waals surface area contributed by atoms with Gasteiger partial charge in [0.1, 0.15) is 24.0 Å². The lowest BCUT2D eigenvalue weighted by atomic mass is 9.97. The number of hydrogen-bond donors (Lipinski definition) is 5. The molecule has 0 bridgehead atoms. The number of aromatic nitrogens is 4. The van der Waals surface area contributed by atoms with E-state index in [2.05, 4.69) is 25.4 Å². The van der Waals surface area contributed by atoms with Crippen LogP contribution in [0.1, 0.15) is 39.8 Å². The molecule has 43 heavy (non-hydrogen) atoms. The summed E-state index contributed by atoms with van der Waals surface area (Å²) in [6.07, 6.45) is -2.30. The third kappa shape index (κ3) is 6.74. The summed E-state index contributed by atoms with van der Waals surface area (Å²) >= 11 is 0. The second kappa shape index (κ2) is 12.3. The number of nitrogens with one attached hydrogen (secondary N) is 2. The molecule has 0 unspecified atom stereocenters. The summed E-state index contributed by atoms with van der Waals surface area (Å²) in [6, 6.07) is 7.13. The minimum absolute atomic E-state index is 0.0977. The first-order valence-electron chi connectivity index (χ1n) is 13.8. The third-order valence-corrected chi connectivity index (χ3v) is 8.49. The molecule has 1 saturated heterocycles. The largest absolute Gasteiger partial charge is 0.462 e. The Balaban J connectivity index is 1.38. The molecule has 6 atom stereocenters. The maximum Gasteiger partial charge on any atom is 0.459 e. The molecule has 0 radical (unpaired) electrons. The standard InChI is InChI=1S/C26H35FN7O8P/c1-14(2)40-23(37)15(3)33-43(38,42-17-7-5-4-6-8-17)39-11-18-20(36)26(27,12-35)24(41-18)34-13-29-19-21(30-16-9-10-16)31-25(28)32-22(19)34/h4-8,13-16,18,20,24,35-36H,9-12H2,1-3H3,(H,33,38)(H3,28,30,31,32)/t15-,18+,20+,24+,26+,43+/m0/s1. The molecule has 3 heterocycles. The fraction of sp³-hybridized carbons (Fsp3) is 0.538. The number of fused-ring (bicyclic) bond motifs is 1. The number of benzene rings is 1. The van der Waals surface area contributed by atoms with Crippen molar-refractivity contribution in [3.63, 3.8) is 0 Å². The molecule has 15 nitrogen and oxygen atoms in total. The van der Waals surface area contributed by atoms with Crippen LogP contribution < -0.4 is 20.7 Å². The predicted molar refractivity (Wildman–Crippen MR) is 152 cm³/mol. The number of nitrogen functional groups attached to an aromatic ring is 1. The van der Waals surface area contributed by atoms with Crippen molar-refractivity contribution in [3.05, 3.63) is 36.7 Å². The summed E-state index contributed by atoms with van der Waals surface area (Å²) < 4.78 is 53.5. The van der Waals surface area contributed by atoms with Gasteiger partial charge in [0.05, 0.1) is 25.6 Å². The first-order valence-corrected chi connectivity index (χ1v) is 15.3. The molecular weight excluding hydrogens is 588 g/mol. The van der Waals surface area contributed by atoms with Crippen LogP contribution in [0.2, 0.25) is 0 Å². The van der Waals surface area contributed by atoms with Gasteiger partial charge in [-0.2, -0.15) is 15.1 Å². The van der Waals surface area contributed by atoms with Crippen LogP contribution in [0.25, 0.3) is 11.2 Å². The topological polar surface area (TPSA) is 205 Å². The third-order valence-electron chi connectivity index (χ3n) is 6.84. The van der Waals surface area contributed by atoms with Gasteiger partial charge in [0.25, 0.3) is 0 Å². The van der Waals surface area contributed by atoms with E-state index in [1.54, 1.807) is 32.0 Å². The maximum atomic E-state index is 16.3. The van der Waals surface area contributed by atoms with Gasteiger partial charge in [-0.25, -0.2) is 13.9 Å². The van der Waals surface area contributed by atoms with E-state index in [4.69, 9.17) is 24.3 Å². The molecule has 17 heteroatoms. The van der Waals surface area contributed by atoms with Crippen molar-refractivity contribution in [2.45, 2.75) is 75.9 Å². The smallest absolute Gasteiger partial charge is 0.459 e. The van der Waals surface area contributed by atoms with Gasteiger partial charge in [-0.05, 0) is 45.7 Å². The number of aliphatic hydroxyl groups excluding tert-OH is 2. The predicted octanol–water partition coefficient (Wildman–Crippen LogP) is 2.08. The second-order valence-electron chi connectivity index (χ2n) is 10.8. The fourth-order valence-electron chi connectivity index (χ4n) is 4.54. The number of carbonyl (C=O) groups excluding carboxylic acids is 1. The van der Waals surface area contributed by atoms with Crippen molar-refractivity contribution in [2.75, 3.05) is 24.3 Å². The fourth-order valence-corrected chi connectivity index (χ4v) is 6.04. The van der Waals surface area contributed by atoms with Gasteiger partial charge >= 0.3 is 13.7 Å². The average Bonchev–Trinajstić information content (AvgIpc) is 3.62. The molecular formula is C26H35FN7O8P. The molecule has 6 N–H and O–H groups in total. The lowest BCUT2D eigenvalue weighted by molar-refractivity contribution is -0.149. The van der Waals surface area contributed by atoms with Crippen LogP contribution in [0, 0.1) is 0 Å². The van der Waals surface area contributed by atoms with E-state index in [-0.39, 0.29) is 23.4 Å². The summed E-state index contributed by atoms with van der Waals surface area (Å²) in [6.45, 7) is 2.93. The number of anilines is 2. The summed E-state index contributed by atoms with van der Waals surface area (Å²) in [5, 5.41) is 26.8. The Labute approximate surface area is 246 Å². The van der Waals surface area contributed by atoms with E-state index < -0.39 is 63.2 Å². The van der Waals surface area contributed by atoms with Gasteiger partial charge in [0, 0.05) is 6.04 Å². The van der Waals surface area contributed by atoms with Crippen LogP contribution in [-0.4, -0.2) is 85.0 Å². The van der Waals surface area contributed by atoms with Crippen molar-refractivity contribution in [2.24, 2.45) is 0 Å². The lowest BCUT2D eigenvalue weighted by Gasteiger charge is -2.27. The molecule has 2 aromatic heterocycles. The Morgan fingerprint density at radius 3 is 2.65 bits per heavy atom. The number of carbonyl (C=O) groups is 1. The molecule has 0 amide bonds. The van der Waals surface area contributed by atoms with Crippen molar-refractivity contribution in [3.8, 4) is 5.75 Å². The summed E-state index contributed by atoms with van der Waals surface area (Å²) in [4.78, 5) is 25.1. The molecule has 1 saturated carbocycles. The monoisotopic (exact) mass is 623 g/mol. The number of rotatable bonds is 13. The molecule has 234 valence electrons. The zero-order valence-corrected chi connectivity index (χ0v) is 24.7. The molecule has 1 aromatic carbocycles. The molecule has 3 aromatic rings. The zero-order chi connectivity index (χ0) is 30.9. The first-order chi connectivity index (χ1) is 20.4. The Bertz CT molecular complexity index is 1490. The first kappa shape index (κ1) is 31.0. The Morgan fingerprint density at radius 2 is 2.00 bits per heavy atom. The Hall–Kier alpha value is -3.40.